The number of hydrazone groups is 1. The van der Waals surface area contributed by atoms with Crippen molar-refractivity contribution in [2.24, 2.45) is 11.0 Å². The van der Waals surface area contributed by atoms with Gasteiger partial charge in [-0.3, -0.25) is 5.43 Å². The maximum Gasteiger partial charge on any atom is 0.335 e. The number of carbonyl (C=O) groups is 1. The first-order valence-electron chi connectivity index (χ1n) is 6.43. The van der Waals surface area contributed by atoms with Crippen LogP contribution in [0.1, 0.15) is 43.0 Å². The summed E-state index contributed by atoms with van der Waals surface area (Å²) >= 11 is 6.03. The van der Waals surface area contributed by atoms with E-state index in [0.717, 1.165) is 25.0 Å². The number of halogens is 1. The van der Waals surface area contributed by atoms with Crippen LogP contribution >= 0.6 is 11.6 Å². The Morgan fingerprint density at radius 2 is 2.26 bits per heavy atom. The molecule has 19 heavy (non-hydrogen) atoms. The number of hydrogen-bond acceptors (Lipinski definition) is 3. The summed E-state index contributed by atoms with van der Waals surface area (Å²) in [4.78, 5) is 10.9. The fraction of sp³-hybridized carbons (Fsp3) is 0.429. The fourth-order valence-corrected chi connectivity index (χ4v) is 2.37. The van der Waals surface area contributed by atoms with E-state index >= 15 is 0 Å². The zero-order valence-electron chi connectivity index (χ0n) is 10.8. The van der Waals surface area contributed by atoms with E-state index in [9.17, 15) is 4.79 Å². The number of benzene rings is 1. The van der Waals surface area contributed by atoms with E-state index in [1.54, 1.807) is 6.07 Å². The van der Waals surface area contributed by atoms with Crippen LogP contribution in [0.15, 0.2) is 23.3 Å². The topological polar surface area (TPSA) is 61.7 Å². The quantitative estimate of drug-likeness (QED) is 0.822. The summed E-state index contributed by atoms with van der Waals surface area (Å²) < 4.78 is 0. The minimum Gasteiger partial charge on any atom is -0.478 e. The SMILES string of the molecule is C[C@@H]1CCCC/C1=N/Nc1cc(C(=O)O)ccc1Cl. The van der Waals surface area contributed by atoms with Crippen molar-refractivity contribution in [2.45, 2.75) is 32.6 Å². The molecule has 4 nitrogen and oxygen atoms in total. The molecule has 102 valence electrons. The Hall–Kier alpha value is -1.55. The van der Waals surface area contributed by atoms with E-state index in [1.807, 2.05) is 0 Å². The van der Waals surface area contributed by atoms with Crippen LogP contribution in [0.2, 0.25) is 5.02 Å². The van der Waals surface area contributed by atoms with Crippen molar-refractivity contribution in [1.82, 2.24) is 0 Å². The summed E-state index contributed by atoms with van der Waals surface area (Å²) in [5.74, 6) is -0.499. The molecule has 0 bridgehead atoms. The van der Waals surface area contributed by atoms with Crippen LogP contribution in [0, 0.1) is 5.92 Å². The molecule has 2 rings (SSSR count). The van der Waals surface area contributed by atoms with E-state index in [0.29, 0.717) is 16.6 Å². The molecule has 0 amide bonds. The van der Waals surface area contributed by atoms with Gasteiger partial charge in [-0.05, 0) is 43.4 Å². The van der Waals surface area contributed by atoms with Crippen molar-refractivity contribution in [3.63, 3.8) is 0 Å². The van der Waals surface area contributed by atoms with E-state index in [2.05, 4.69) is 17.5 Å². The summed E-state index contributed by atoms with van der Waals surface area (Å²) in [5, 5.41) is 13.8. The molecular weight excluding hydrogens is 264 g/mol. The van der Waals surface area contributed by atoms with Gasteiger partial charge in [-0.15, -0.1) is 0 Å². The summed E-state index contributed by atoms with van der Waals surface area (Å²) in [6.45, 7) is 2.16. The van der Waals surface area contributed by atoms with Crippen molar-refractivity contribution >= 4 is 29.0 Å². The van der Waals surface area contributed by atoms with E-state index in [4.69, 9.17) is 16.7 Å². The zero-order chi connectivity index (χ0) is 13.8. The van der Waals surface area contributed by atoms with E-state index in [-0.39, 0.29) is 5.56 Å². The third kappa shape index (κ3) is 3.47. The summed E-state index contributed by atoms with van der Waals surface area (Å²) in [7, 11) is 0. The van der Waals surface area contributed by atoms with Gasteiger partial charge >= 0.3 is 5.97 Å². The third-order valence-electron chi connectivity index (χ3n) is 3.42. The van der Waals surface area contributed by atoms with Gasteiger partial charge in [0.25, 0.3) is 0 Å². The number of rotatable bonds is 3. The normalized spacial score (nSPS) is 21.4. The molecule has 0 aromatic heterocycles. The highest BCUT2D eigenvalue weighted by Crippen LogP contribution is 2.25. The lowest BCUT2D eigenvalue weighted by Crippen LogP contribution is -2.17. The molecule has 0 spiro atoms. The Bertz CT molecular complexity index is 514. The van der Waals surface area contributed by atoms with Crippen molar-refractivity contribution in [3.05, 3.63) is 28.8 Å². The molecule has 1 aromatic rings. The Kier molecular flexibility index (Phi) is 4.43. The predicted molar refractivity (Wildman–Crippen MR) is 77.1 cm³/mol. The number of aromatic carboxylic acids is 1. The standard InChI is InChI=1S/C14H17ClN2O2/c1-9-4-2-3-5-12(9)16-17-13-8-10(14(18)19)6-7-11(13)15/h6-9,17H,2-5H2,1H3,(H,18,19)/b16-12-/t9-/m1/s1. The lowest BCUT2D eigenvalue weighted by Gasteiger charge is -2.20. The van der Waals surface area contributed by atoms with Gasteiger partial charge < -0.3 is 5.11 Å². The van der Waals surface area contributed by atoms with Crippen LogP contribution in [-0.2, 0) is 0 Å². The molecule has 1 atom stereocenters. The summed E-state index contributed by atoms with van der Waals surface area (Å²) in [5.41, 5.74) is 4.76. The van der Waals surface area contributed by atoms with Crippen molar-refractivity contribution in [3.8, 4) is 0 Å². The molecule has 1 fully saturated rings. The molecule has 1 aliphatic rings. The highest BCUT2D eigenvalue weighted by Gasteiger charge is 2.16. The molecule has 2 N–H and O–H groups in total. The molecule has 0 saturated heterocycles. The smallest absolute Gasteiger partial charge is 0.335 e. The second kappa shape index (κ2) is 6.06. The maximum absolute atomic E-state index is 10.9. The van der Waals surface area contributed by atoms with Gasteiger partial charge in [-0.2, -0.15) is 5.10 Å². The largest absolute Gasteiger partial charge is 0.478 e. The minimum absolute atomic E-state index is 0.198. The van der Waals surface area contributed by atoms with Crippen LogP contribution in [0.3, 0.4) is 0 Å². The van der Waals surface area contributed by atoms with Gasteiger partial charge in [0.05, 0.1) is 16.3 Å². The van der Waals surface area contributed by atoms with Crippen LogP contribution in [-0.4, -0.2) is 16.8 Å². The first kappa shape index (κ1) is 13.9. The number of carboxylic acid groups (broad SMARTS) is 1. The van der Waals surface area contributed by atoms with Crippen molar-refractivity contribution < 1.29 is 9.90 Å². The second-order valence-electron chi connectivity index (χ2n) is 4.86. The third-order valence-corrected chi connectivity index (χ3v) is 3.75. The zero-order valence-corrected chi connectivity index (χ0v) is 11.6. The van der Waals surface area contributed by atoms with Gasteiger partial charge in [-0.1, -0.05) is 24.9 Å². The van der Waals surface area contributed by atoms with E-state index < -0.39 is 5.97 Å². The van der Waals surface area contributed by atoms with Crippen LogP contribution < -0.4 is 5.43 Å². The molecule has 1 saturated carbocycles. The Balaban J connectivity index is 2.16. The monoisotopic (exact) mass is 280 g/mol. The van der Waals surface area contributed by atoms with Crippen LogP contribution in [0.25, 0.3) is 0 Å². The average molecular weight is 281 g/mol. The molecular formula is C14H17ClN2O2. The van der Waals surface area contributed by atoms with Crippen LogP contribution in [0.4, 0.5) is 5.69 Å². The number of carboxylic acids is 1. The molecule has 5 heteroatoms. The second-order valence-corrected chi connectivity index (χ2v) is 5.27. The van der Waals surface area contributed by atoms with Gasteiger partial charge in [-0.25, -0.2) is 4.79 Å². The maximum atomic E-state index is 10.9. The lowest BCUT2D eigenvalue weighted by molar-refractivity contribution is 0.0697. The lowest BCUT2D eigenvalue weighted by atomic mass is 9.89. The number of nitrogens with one attached hydrogen (secondary N) is 1. The molecule has 0 heterocycles. The van der Waals surface area contributed by atoms with Gasteiger partial charge in [0.15, 0.2) is 0 Å². The van der Waals surface area contributed by atoms with Crippen molar-refractivity contribution in [2.75, 3.05) is 5.43 Å². The summed E-state index contributed by atoms with van der Waals surface area (Å²) in [6.07, 6.45) is 4.55. The number of hydrogen-bond donors (Lipinski definition) is 2. The van der Waals surface area contributed by atoms with Crippen LogP contribution in [0.5, 0.6) is 0 Å². The van der Waals surface area contributed by atoms with E-state index in [1.165, 1.54) is 18.6 Å². The summed E-state index contributed by atoms with van der Waals surface area (Å²) in [6, 6.07) is 4.55. The van der Waals surface area contributed by atoms with Crippen molar-refractivity contribution in [1.29, 1.82) is 0 Å². The predicted octanol–water partition coefficient (Wildman–Crippen LogP) is 4.02. The highest BCUT2D eigenvalue weighted by atomic mass is 35.5. The Labute approximate surface area is 117 Å². The molecule has 1 aromatic carbocycles. The molecule has 0 unspecified atom stereocenters. The highest BCUT2D eigenvalue weighted by molar-refractivity contribution is 6.33. The van der Waals surface area contributed by atoms with Gasteiger partial charge in [0, 0.05) is 5.71 Å². The number of anilines is 1. The Morgan fingerprint density at radius 1 is 1.47 bits per heavy atom. The number of nitrogens with zero attached hydrogens (tertiary/aromatic N) is 1. The Morgan fingerprint density at radius 3 is 2.95 bits per heavy atom. The fourth-order valence-electron chi connectivity index (χ4n) is 2.21. The first-order valence-corrected chi connectivity index (χ1v) is 6.81. The van der Waals surface area contributed by atoms with Gasteiger partial charge in [0.2, 0.25) is 0 Å². The molecule has 1 aliphatic carbocycles. The molecule has 0 radical (unpaired) electrons. The minimum atomic E-state index is -0.974. The molecule has 0 aliphatic heterocycles. The van der Waals surface area contributed by atoms with Gasteiger partial charge in [0.1, 0.15) is 0 Å². The average Bonchev–Trinajstić information content (AvgIpc) is 2.39. The first-order chi connectivity index (χ1) is 9.08.